The van der Waals surface area contributed by atoms with Crippen LogP contribution in [0.4, 0.5) is 0 Å². The molecule has 1 amide bonds. The molecule has 1 N–H and O–H groups in total. The van der Waals surface area contributed by atoms with Crippen LogP contribution in [0.2, 0.25) is 5.15 Å². The van der Waals surface area contributed by atoms with Gasteiger partial charge in [-0.3, -0.25) is 4.79 Å². The van der Waals surface area contributed by atoms with Crippen LogP contribution in [0, 0.1) is 0 Å². The molecule has 0 bridgehead atoms. The first kappa shape index (κ1) is 11.9. The standard InChI is InChI=1S/C10H13ClN2O2/c1-7(6-14)13(2)10(15)8-4-3-5-12-9(8)11/h3-5,7,14H,6H2,1-2H3. The quantitative estimate of drug-likeness (QED) is 0.791. The first-order chi connectivity index (χ1) is 7.07. The van der Waals surface area contributed by atoms with E-state index in [-0.39, 0.29) is 23.7 Å². The largest absolute Gasteiger partial charge is 0.394 e. The number of aliphatic hydroxyl groups is 1. The van der Waals surface area contributed by atoms with Gasteiger partial charge in [-0.15, -0.1) is 0 Å². The zero-order valence-electron chi connectivity index (χ0n) is 8.64. The molecule has 82 valence electrons. The van der Waals surface area contributed by atoms with Crippen molar-refractivity contribution in [2.75, 3.05) is 13.7 Å². The van der Waals surface area contributed by atoms with Crippen molar-refractivity contribution >= 4 is 17.5 Å². The molecule has 15 heavy (non-hydrogen) atoms. The summed E-state index contributed by atoms with van der Waals surface area (Å²) in [4.78, 5) is 17.1. The number of amides is 1. The predicted molar refractivity (Wildman–Crippen MR) is 57.9 cm³/mol. The van der Waals surface area contributed by atoms with Gasteiger partial charge in [-0.2, -0.15) is 0 Å². The highest BCUT2D eigenvalue weighted by Gasteiger charge is 2.19. The van der Waals surface area contributed by atoms with Crippen LogP contribution in [-0.4, -0.2) is 40.6 Å². The van der Waals surface area contributed by atoms with Gasteiger partial charge < -0.3 is 10.0 Å². The molecule has 1 aromatic rings. The molecule has 0 fully saturated rings. The highest BCUT2D eigenvalue weighted by atomic mass is 35.5. The molecule has 0 saturated carbocycles. The minimum atomic E-state index is -0.242. The topological polar surface area (TPSA) is 53.4 Å². The lowest BCUT2D eigenvalue weighted by Crippen LogP contribution is -2.37. The first-order valence-corrected chi connectivity index (χ1v) is 4.94. The van der Waals surface area contributed by atoms with Crippen molar-refractivity contribution in [1.82, 2.24) is 9.88 Å². The molecule has 0 saturated heterocycles. The minimum absolute atomic E-state index is 0.0832. The molecule has 1 rings (SSSR count). The van der Waals surface area contributed by atoms with Crippen molar-refractivity contribution in [3.63, 3.8) is 0 Å². The summed E-state index contributed by atoms with van der Waals surface area (Å²) in [6.45, 7) is 1.67. The van der Waals surface area contributed by atoms with Crippen molar-refractivity contribution < 1.29 is 9.90 Å². The number of hydrogen-bond donors (Lipinski definition) is 1. The molecule has 0 aliphatic heterocycles. The number of likely N-dealkylation sites (N-methyl/N-ethyl adjacent to an activating group) is 1. The van der Waals surface area contributed by atoms with Gasteiger partial charge in [-0.05, 0) is 19.1 Å². The average Bonchev–Trinajstić information content (AvgIpc) is 2.26. The van der Waals surface area contributed by atoms with Crippen molar-refractivity contribution in [3.8, 4) is 0 Å². The molecule has 0 aliphatic rings. The van der Waals surface area contributed by atoms with Gasteiger partial charge in [0.2, 0.25) is 0 Å². The Morgan fingerprint density at radius 3 is 2.93 bits per heavy atom. The van der Waals surface area contributed by atoms with E-state index >= 15 is 0 Å². The first-order valence-electron chi connectivity index (χ1n) is 4.56. The van der Waals surface area contributed by atoms with Gasteiger partial charge in [-0.1, -0.05) is 11.6 Å². The SMILES string of the molecule is CC(CO)N(C)C(=O)c1cccnc1Cl. The molecular formula is C10H13ClN2O2. The fourth-order valence-corrected chi connectivity index (χ4v) is 1.26. The summed E-state index contributed by atoms with van der Waals surface area (Å²) in [6.07, 6.45) is 1.52. The predicted octanol–water partition coefficient (Wildman–Crippen LogP) is 1.19. The molecule has 1 aromatic heterocycles. The number of nitrogens with zero attached hydrogens (tertiary/aromatic N) is 2. The summed E-state index contributed by atoms with van der Waals surface area (Å²) in [5.74, 6) is -0.241. The molecule has 5 heteroatoms. The second-order valence-corrected chi connectivity index (χ2v) is 3.65. The van der Waals surface area contributed by atoms with Crippen molar-refractivity contribution in [2.45, 2.75) is 13.0 Å². The monoisotopic (exact) mass is 228 g/mol. The van der Waals surface area contributed by atoms with Crippen LogP contribution in [-0.2, 0) is 0 Å². The lowest BCUT2D eigenvalue weighted by molar-refractivity contribution is 0.0682. The minimum Gasteiger partial charge on any atom is -0.394 e. The number of halogens is 1. The molecule has 0 aromatic carbocycles. The van der Waals surface area contributed by atoms with E-state index in [0.717, 1.165) is 0 Å². The van der Waals surface area contributed by atoms with Gasteiger partial charge in [0, 0.05) is 13.2 Å². The number of aliphatic hydroxyl groups excluding tert-OH is 1. The Kier molecular flexibility index (Phi) is 4.05. The third kappa shape index (κ3) is 2.67. The van der Waals surface area contributed by atoms with E-state index in [9.17, 15) is 4.79 Å². The van der Waals surface area contributed by atoms with E-state index < -0.39 is 0 Å². The lowest BCUT2D eigenvalue weighted by Gasteiger charge is -2.23. The van der Waals surface area contributed by atoms with Crippen LogP contribution in [0.1, 0.15) is 17.3 Å². The highest BCUT2D eigenvalue weighted by molar-refractivity contribution is 6.32. The molecule has 4 nitrogen and oxygen atoms in total. The smallest absolute Gasteiger partial charge is 0.257 e. The average molecular weight is 229 g/mol. The van der Waals surface area contributed by atoms with Crippen molar-refractivity contribution in [3.05, 3.63) is 29.0 Å². The van der Waals surface area contributed by atoms with Gasteiger partial charge in [0.05, 0.1) is 18.2 Å². The normalized spacial score (nSPS) is 12.3. The fourth-order valence-electron chi connectivity index (χ4n) is 1.06. The summed E-state index contributed by atoms with van der Waals surface area (Å²) in [6, 6.07) is 3.02. The van der Waals surface area contributed by atoms with E-state index in [2.05, 4.69) is 4.98 Å². The van der Waals surface area contributed by atoms with Crippen LogP contribution in [0.5, 0.6) is 0 Å². The third-order valence-corrected chi connectivity index (χ3v) is 2.54. The van der Waals surface area contributed by atoms with E-state index in [1.807, 2.05) is 0 Å². The summed E-state index contributed by atoms with van der Waals surface area (Å²) in [7, 11) is 1.62. The van der Waals surface area contributed by atoms with E-state index in [4.69, 9.17) is 16.7 Å². The summed E-state index contributed by atoms with van der Waals surface area (Å²) < 4.78 is 0. The number of carbonyl (C=O) groups excluding carboxylic acids is 1. The second kappa shape index (κ2) is 5.09. The Morgan fingerprint density at radius 1 is 1.73 bits per heavy atom. The van der Waals surface area contributed by atoms with E-state index in [1.165, 1.54) is 11.1 Å². The molecule has 1 heterocycles. The zero-order valence-corrected chi connectivity index (χ0v) is 9.40. The number of hydrogen-bond acceptors (Lipinski definition) is 3. The number of pyridine rings is 1. The van der Waals surface area contributed by atoms with Gasteiger partial charge in [0.25, 0.3) is 5.91 Å². The Hall–Kier alpha value is -1.13. The Bertz CT molecular complexity index is 357. The third-order valence-electron chi connectivity index (χ3n) is 2.24. The van der Waals surface area contributed by atoms with Crippen molar-refractivity contribution in [2.24, 2.45) is 0 Å². The van der Waals surface area contributed by atoms with Gasteiger partial charge in [-0.25, -0.2) is 4.98 Å². The Labute approximate surface area is 93.5 Å². The summed E-state index contributed by atoms with van der Waals surface area (Å²) in [5.41, 5.74) is 0.349. The molecule has 1 atom stereocenters. The number of carbonyl (C=O) groups is 1. The fraction of sp³-hybridized carbons (Fsp3) is 0.400. The van der Waals surface area contributed by atoms with Crippen LogP contribution < -0.4 is 0 Å². The van der Waals surface area contributed by atoms with Gasteiger partial charge >= 0.3 is 0 Å². The maximum Gasteiger partial charge on any atom is 0.257 e. The van der Waals surface area contributed by atoms with Gasteiger partial charge in [0.1, 0.15) is 5.15 Å². The summed E-state index contributed by atoms with van der Waals surface area (Å²) in [5, 5.41) is 9.11. The van der Waals surface area contributed by atoms with Crippen molar-refractivity contribution in [1.29, 1.82) is 0 Å². The molecule has 0 radical (unpaired) electrons. The maximum atomic E-state index is 11.9. The van der Waals surface area contributed by atoms with Crippen LogP contribution in [0.3, 0.4) is 0 Å². The number of aromatic nitrogens is 1. The molecule has 0 spiro atoms. The summed E-state index contributed by atoms with van der Waals surface area (Å²) >= 11 is 5.79. The van der Waals surface area contributed by atoms with E-state index in [1.54, 1.807) is 26.1 Å². The van der Waals surface area contributed by atoms with Crippen LogP contribution >= 0.6 is 11.6 Å². The Morgan fingerprint density at radius 2 is 2.40 bits per heavy atom. The van der Waals surface area contributed by atoms with Gasteiger partial charge in [0.15, 0.2) is 0 Å². The highest BCUT2D eigenvalue weighted by Crippen LogP contribution is 2.14. The second-order valence-electron chi connectivity index (χ2n) is 3.29. The Balaban J connectivity index is 2.90. The molecular weight excluding hydrogens is 216 g/mol. The lowest BCUT2D eigenvalue weighted by atomic mass is 10.2. The number of rotatable bonds is 3. The molecule has 0 aliphatic carbocycles. The maximum absolute atomic E-state index is 11.9. The van der Waals surface area contributed by atoms with E-state index in [0.29, 0.717) is 5.56 Å². The molecule has 1 unspecified atom stereocenters. The zero-order chi connectivity index (χ0) is 11.4. The van der Waals surface area contributed by atoms with Crippen LogP contribution in [0.25, 0.3) is 0 Å². The van der Waals surface area contributed by atoms with Crippen LogP contribution in [0.15, 0.2) is 18.3 Å².